The van der Waals surface area contributed by atoms with Crippen LogP contribution in [0.4, 0.5) is 4.79 Å². The zero-order valence-electron chi connectivity index (χ0n) is 7.00. The van der Waals surface area contributed by atoms with Crippen molar-refractivity contribution in [1.29, 1.82) is 0 Å². The molecule has 0 aliphatic carbocycles. The summed E-state index contributed by atoms with van der Waals surface area (Å²) in [6.45, 7) is 1.45. The zero-order valence-corrected chi connectivity index (χ0v) is 8.51. The lowest BCUT2D eigenvalue weighted by molar-refractivity contribution is -0.125. The molecule has 0 unspecified atom stereocenters. The van der Waals surface area contributed by atoms with Crippen molar-refractivity contribution in [3.63, 3.8) is 0 Å². The molecule has 1 aliphatic heterocycles. The van der Waals surface area contributed by atoms with Gasteiger partial charge >= 0.3 is 6.03 Å². The molecule has 0 spiro atoms. The van der Waals surface area contributed by atoms with E-state index in [1.807, 2.05) is 0 Å². The fourth-order valence-electron chi connectivity index (χ4n) is 1.20. The fourth-order valence-corrected chi connectivity index (χ4v) is 1.54. The smallest absolute Gasteiger partial charge is 0.321 e. The van der Waals surface area contributed by atoms with Gasteiger partial charge in [-0.1, -0.05) is 0 Å². The van der Waals surface area contributed by atoms with Gasteiger partial charge in [-0.3, -0.25) is 9.69 Å². The van der Waals surface area contributed by atoms with Crippen LogP contribution in [0.25, 0.3) is 0 Å². The van der Waals surface area contributed by atoms with E-state index in [1.54, 1.807) is 0 Å². The summed E-state index contributed by atoms with van der Waals surface area (Å²) in [5.74, 6) is -0.113. The van der Waals surface area contributed by atoms with Crippen LogP contribution in [0.15, 0.2) is 0 Å². The van der Waals surface area contributed by atoms with Crippen molar-refractivity contribution in [3.05, 3.63) is 0 Å². The summed E-state index contributed by atoms with van der Waals surface area (Å²) >= 11 is 10.8. The van der Waals surface area contributed by atoms with Gasteiger partial charge in [0.1, 0.15) is 5.88 Å². The third kappa shape index (κ3) is 2.25. The molecule has 1 saturated heterocycles. The third-order valence-electron chi connectivity index (χ3n) is 1.86. The highest BCUT2D eigenvalue weighted by Crippen LogP contribution is 2.09. The number of hydrogen-bond acceptors (Lipinski definition) is 2. The predicted octanol–water partition coefficient (Wildman–Crippen LogP) is 0.728. The number of hydrogen-bond donors (Lipinski definition) is 0. The van der Waals surface area contributed by atoms with Crippen LogP contribution in [-0.4, -0.2) is 53.1 Å². The maximum atomic E-state index is 11.4. The lowest BCUT2D eigenvalue weighted by Crippen LogP contribution is -2.37. The minimum Gasteiger partial charge on any atom is -0.321 e. The molecule has 3 amide bonds. The Kier molecular flexibility index (Phi) is 3.81. The highest BCUT2D eigenvalue weighted by Gasteiger charge is 2.31. The van der Waals surface area contributed by atoms with E-state index in [0.717, 1.165) is 4.90 Å². The summed E-state index contributed by atoms with van der Waals surface area (Å²) in [7, 11) is 0. The number of alkyl halides is 2. The van der Waals surface area contributed by atoms with Crippen LogP contribution in [0.5, 0.6) is 0 Å². The minimum atomic E-state index is -0.344. The van der Waals surface area contributed by atoms with E-state index >= 15 is 0 Å². The van der Waals surface area contributed by atoms with Gasteiger partial charge in [-0.15, -0.1) is 23.2 Å². The summed E-state index contributed by atoms with van der Waals surface area (Å²) in [6.07, 6.45) is 0. The summed E-state index contributed by atoms with van der Waals surface area (Å²) < 4.78 is 0. The van der Waals surface area contributed by atoms with Crippen LogP contribution in [0.1, 0.15) is 0 Å². The number of halogens is 2. The van der Waals surface area contributed by atoms with Gasteiger partial charge in [0.05, 0.1) is 0 Å². The molecule has 1 heterocycles. The van der Waals surface area contributed by atoms with Gasteiger partial charge in [-0.2, -0.15) is 0 Å². The van der Waals surface area contributed by atoms with Gasteiger partial charge in [-0.05, 0) is 0 Å². The Balaban J connectivity index is 2.54. The Hall–Kier alpha value is -0.480. The average molecular weight is 225 g/mol. The maximum Gasteiger partial charge on any atom is 0.326 e. The summed E-state index contributed by atoms with van der Waals surface area (Å²) in [4.78, 5) is 25.2. The second-order valence-corrected chi connectivity index (χ2v) is 3.28. The molecule has 4 nitrogen and oxygen atoms in total. The van der Waals surface area contributed by atoms with Crippen LogP contribution in [0.2, 0.25) is 0 Å². The van der Waals surface area contributed by atoms with Crippen molar-refractivity contribution < 1.29 is 9.59 Å². The molecule has 1 rings (SSSR count). The van der Waals surface area contributed by atoms with Crippen LogP contribution in [-0.2, 0) is 4.79 Å². The monoisotopic (exact) mass is 224 g/mol. The Morgan fingerprint density at radius 2 is 2.08 bits per heavy atom. The van der Waals surface area contributed by atoms with Crippen molar-refractivity contribution in [2.75, 3.05) is 31.4 Å². The highest BCUT2D eigenvalue weighted by molar-refractivity contribution is 6.28. The molecule has 0 aromatic heterocycles. The van der Waals surface area contributed by atoms with Gasteiger partial charge in [0.25, 0.3) is 0 Å². The first-order valence-electron chi connectivity index (χ1n) is 3.92. The van der Waals surface area contributed by atoms with Gasteiger partial charge in [-0.25, -0.2) is 4.79 Å². The predicted molar refractivity (Wildman–Crippen MR) is 50.1 cm³/mol. The van der Waals surface area contributed by atoms with Crippen molar-refractivity contribution in [3.8, 4) is 0 Å². The lowest BCUT2D eigenvalue weighted by atomic mass is 10.5. The van der Waals surface area contributed by atoms with E-state index < -0.39 is 0 Å². The fraction of sp³-hybridized carbons (Fsp3) is 0.714. The molecule has 0 N–H and O–H groups in total. The van der Waals surface area contributed by atoms with E-state index in [2.05, 4.69) is 0 Å². The molecule has 6 heteroatoms. The number of rotatable bonds is 3. The van der Waals surface area contributed by atoms with E-state index in [-0.39, 0.29) is 17.8 Å². The zero-order chi connectivity index (χ0) is 9.84. The normalized spacial score (nSPS) is 16.9. The molecule has 13 heavy (non-hydrogen) atoms. The van der Waals surface area contributed by atoms with E-state index in [1.165, 1.54) is 4.90 Å². The average Bonchev–Trinajstić information content (AvgIpc) is 2.48. The summed E-state index contributed by atoms with van der Waals surface area (Å²) in [6, 6.07) is -0.286. The van der Waals surface area contributed by atoms with E-state index in [9.17, 15) is 9.59 Å². The Bertz CT molecular complexity index is 223. The first-order valence-corrected chi connectivity index (χ1v) is 4.98. The standard InChI is InChI=1S/C7H10Cl2N2O2/c8-1-2-10-3-4-11(7(10)13)6(12)5-9/h1-5H2. The van der Waals surface area contributed by atoms with Crippen LogP contribution in [0.3, 0.4) is 0 Å². The molecule has 74 valence electrons. The van der Waals surface area contributed by atoms with Crippen LogP contribution >= 0.6 is 23.2 Å². The number of nitrogens with zero attached hydrogens (tertiary/aromatic N) is 2. The SMILES string of the molecule is O=C(CCl)N1CCN(CCCl)C1=O. The molecule has 0 saturated carbocycles. The lowest BCUT2D eigenvalue weighted by Gasteiger charge is -2.15. The van der Waals surface area contributed by atoms with Crippen molar-refractivity contribution in [1.82, 2.24) is 9.80 Å². The topological polar surface area (TPSA) is 40.6 Å². The Morgan fingerprint density at radius 3 is 2.62 bits per heavy atom. The van der Waals surface area contributed by atoms with E-state index in [4.69, 9.17) is 23.2 Å². The number of carbonyl (C=O) groups excluding carboxylic acids is 2. The van der Waals surface area contributed by atoms with Crippen LogP contribution < -0.4 is 0 Å². The first-order chi connectivity index (χ1) is 6.20. The summed E-state index contributed by atoms with van der Waals surface area (Å²) in [5, 5.41) is 0. The number of urea groups is 1. The van der Waals surface area contributed by atoms with E-state index in [0.29, 0.717) is 25.5 Å². The summed E-state index contributed by atoms with van der Waals surface area (Å²) in [5.41, 5.74) is 0. The molecule has 0 radical (unpaired) electrons. The highest BCUT2D eigenvalue weighted by atomic mass is 35.5. The molecule has 1 fully saturated rings. The molecular weight excluding hydrogens is 215 g/mol. The van der Waals surface area contributed by atoms with Crippen molar-refractivity contribution in [2.45, 2.75) is 0 Å². The second-order valence-electron chi connectivity index (χ2n) is 2.64. The van der Waals surface area contributed by atoms with Crippen molar-refractivity contribution in [2.24, 2.45) is 0 Å². The van der Waals surface area contributed by atoms with Gasteiger partial charge in [0.15, 0.2) is 0 Å². The Morgan fingerprint density at radius 1 is 1.38 bits per heavy atom. The van der Waals surface area contributed by atoms with Crippen LogP contribution in [0, 0.1) is 0 Å². The third-order valence-corrected chi connectivity index (χ3v) is 2.26. The number of amides is 3. The number of carbonyl (C=O) groups is 2. The molecule has 0 atom stereocenters. The molecule has 0 aromatic carbocycles. The quantitative estimate of drug-likeness (QED) is 0.664. The maximum absolute atomic E-state index is 11.4. The van der Waals surface area contributed by atoms with Crippen molar-refractivity contribution >= 4 is 35.1 Å². The molecule has 1 aliphatic rings. The Labute approximate surface area is 86.4 Å². The molecule has 0 bridgehead atoms. The minimum absolute atomic E-state index is 0.152. The van der Waals surface area contributed by atoms with Gasteiger partial charge in [0, 0.05) is 25.5 Å². The number of imide groups is 1. The first kappa shape index (κ1) is 10.6. The largest absolute Gasteiger partial charge is 0.326 e. The molecule has 0 aromatic rings. The molecular formula is C7H10Cl2N2O2. The van der Waals surface area contributed by atoms with Gasteiger partial charge in [0.2, 0.25) is 5.91 Å². The van der Waals surface area contributed by atoms with Gasteiger partial charge < -0.3 is 4.90 Å². The second kappa shape index (κ2) is 4.67.